The molecule has 1 N–H and O–H groups in total. The third-order valence-electron chi connectivity index (χ3n) is 3.31. The Bertz CT molecular complexity index is 550. The molecule has 0 radical (unpaired) electrons. The fourth-order valence-electron chi connectivity index (χ4n) is 2.07. The van der Waals surface area contributed by atoms with E-state index in [9.17, 15) is 4.79 Å². The number of rotatable bonds is 4. The minimum absolute atomic E-state index is 0.172. The summed E-state index contributed by atoms with van der Waals surface area (Å²) in [5.41, 5.74) is 0.469. The van der Waals surface area contributed by atoms with Crippen molar-refractivity contribution in [2.45, 2.75) is 26.0 Å². The summed E-state index contributed by atoms with van der Waals surface area (Å²) in [7, 11) is 0. The van der Waals surface area contributed by atoms with Gasteiger partial charge in [0.25, 0.3) is 5.56 Å². The lowest BCUT2D eigenvalue weighted by Gasteiger charge is -2.16. The van der Waals surface area contributed by atoms with Crippen LogP contribution in [0.2, 0.25) is 0 Å². The van der Waals surface area contributed by atoms with E-state index in [1.165, 1.54) is 4.68 Å². The quantitative estimate of drug-likeness (QED) is 0.852. The highest BCUT2D eigenvalue weighted by Gasteiger charge is 2.24. The Morgan fingerprint density at radius 2 is 2.53 bits per heavy atom. The predicted molar refractivity (Wildman–Crippen MR) is 77.0 cm³/mol. The van der Waals surface area contributed by atoms with Gasteiger partial charge in [-0.05, 0) is 29.3 Å². The molecule has 2 atom stereocenters. The molecule has 1 aromatic rings. The van der Waals surface area contributed by atoms with Gasteiger partial charge in [0.2, 0.25) is 0 Å². The van der Waals surface area contributed by atoms with Gasteiger partial charge in [-0.1, -0.05) is 5.92 Å². The molecule has 102 valence electrons. The minimum atomic E-state index is -0.223. The Labute approximate surface area is 120 Å². The van der Waals surface area contributed by atoms with E-state index in [2.05, 4.69) is 39.2 Å². The Kier molecular flexibility index (Phi) is 4.61. The summed E-state index contributed by atoms with van der Waals surface area (Å²) in [4.78, 5) is 11.9. The van der Waals surface area contributed by atoms with Crippen LogP contribution in [-0.2, 0) is 11.3 Å². The van der Waals surface area contributed by atoms with Gasteiger partial charge in [0.1, 0.15) is 11.0 Å². The fraction of sp³-hybridized carbons (Fsp3) is 0.538. The van der Waals surface area contributed by atoms with Gasteiger partial charge in [-0.15, -0.1) is 6.42 Å². The van der Waals surface area contributed by atoms with Crippen molar-refractivity contribution in [3.8, 4) is 12.3 Å². The second-order valence-electron chi connectivity index (χ2n) is 4.54. The number of ether oxygens (including phenoxy) is 1. The lowest BCUT2D eigenvalue weighted by molar-refractivity contribution is 0.108. The maximum Gasteiger partial charge on any atom is 0.284 e. The third kappa shape index (κ3) is 3.17. The number of nitrogens with zero attached hydrogens (tertiary/aromatic N) is 2. The van der Waals surface area contributed by atoms with Crippen LogP contribution in [0.4, 0.5) is 5.69 Å². The average Bonchev–Trinajstić information content (AvgIpc) is 2.80. The topological polar surface area (TPSA) is 56.1 Å². The SMILES string of the molecule is C#CCn1ncc(NCC2CCOC2C)c(Br)c1=O. The summed E-state index contributed by atoms with van der Waals surface area (Å²) in [6.45, 7) is 3.81. The van der Waals surface area contributed by atoms with Crippen LogP contribution in [0.3, 0.4) is 0 Å². The van der Waals surface area contributed by atoms with Gasteiger partial charge in [-0.2, -0.15) is 5.10 Å². The maximum absolute atomic E-state index is 11.9. The molecule has 1 saturated heterocycles. The van der Waals surface area contributed by atoms with Crippen molar-refractivity contribution in [1.29, 1.82) is 0 Å². The minimum Gasteiger partial charge on any atom is -0.382 e. The third-order valence-corrected chi connectivity index (χ3v) is 4.08. The van der Waals surface area contributed by atoms with Crippen molar-refractivity contribution in [2.75, 3.05) is 18.5 Å². The van der Waals surface area contributed by atoms with Crippen molar-refractivity contribution in [2.24, 2.45) is 5.92 Å². The molecule has 0 bridgehead atoms. The largest absolute Gasteiger partial charge is 0.382 e. The molecule has 1 fully saturated rings. The Hall–Kier alpha value is -1.32. The number of aromatic nitrogens is 2. The smallest absolute Gasteiger partial charge is 0.284 e. The normalized spacial score (nSPS) is 22.2. The van der Waals surface area contributed by atoms with E-state index in [1.54, 1.807) is 6.20 Å². The van der Waals surface area contributed by atoms with E-state index in [0.29, 0.717) is 16.1 Å². The highest BCUT2D eigenvalue weighted by Crippen LogP contribution is 2.22. The molecule has 2 rings (SSSR count). The first kappa shape index (κ1) is 14.1. The highest BCUT2D eigenvalue weighted by molar-refractivity contribution is 9.10. The summed E-state index contributed by atoms with van der Waals surface area (Å²) in [5.74, 6) is 2.86. The number of hydrogen-bond acceptors (Lipinski definition) is 4. The predicted octanol–water partition coefficient (Wildman–Crippen LogP) is 1.48. The van der Waals surface area contributed by atoms with E-state index in [-0.39, 0.29) is 18.2 Å². The first-order valence-electron chi connectivity index (χ1n) is 6.18. The molecule has 0 aliphatic carbocycles. The standard InChI is InChI=1S/C13H16BrN3O2/c1-3-5-17-13(18)12(14)11(8-16-17)15-7-10-4-6-19-9(10)2/h1,8-10,15H,4-7H2,2H3. The number of nitrogens with one attached hydrogen (secondary N) is 1. The molecule has 0 spiro atoms. The summed E-state index contributed by atoms with van der Waals surface area (Å²) in [6, 6.07) is 0. The van der Waals surface area contributed by atoms with Crippen LogP contribution in [0.5, 0.6) is 0 Å². The highest BCUT2D eigenvalue weighted by atomic mass is 79.9. The number of terminal acetylenes is 1. The van der Waals surface area contributed by atoms with Crippen LogP contribution < -0.4 is 10.9 Å². The summed E-state index contributed by atoms with van der Waals surface area (Å²) >= 11 is 3.29. The second-order valence-corrected chi connectivity index (χ2v) is 5.34. The number of halogens is 1. The average molecular weight is 326 g/mol. The van der Waals surface area contributed by atoms with Crippen LogP contribution in [-0.4, -0.2) is 29.0 Å². The van der Waals surface area contributed by atoms with Crippen LogP contribution in [0.25, 0.3) is 0 Å². The van der Waals surface area contributed by atoms with E-state index < -0.39 is 0 Å². The van der Waals surface area contributed by atoms with E-state index in [1.807, 2.05) is 0 Å². The maximum atomic E-state index is 11.9. The van der Waals surface area contributed by atoms with Crippen molar-refractivity contribution >= 4 is 21.6 Å². The molecule has 1 aromatic heterocycles. The van der Waals surface area contributed by atoms with Crippen molar-refractivity contribution < 1.29 is 4.74 Å². The fourth-order valence-corrected chi connectivity index (χ4v) is 2.52. The molecular weight excluding hydrogens is 310 g/mol. The molecule has 0 saturated carbocycles. The van der Waals surface area contributed by atoms with Crippen LogP contribution in [0.1, 0.15) is 13.3 Å². The lowest BCUT2D eigenvalue weighted by Crippen LogP contribution is -2.26. The molecule has 1 aliphatic heterocycles. The van der Waals surface area contributed by atoms with Gasteiger partial charge in [0, 0.05) is 19.1 Å². The van der Waals surface area contributed by atoms with Gasteiger partial charge < -0.3 is 10.1 Å². The second kappa shape index (κ2) is 6.22. The van der Waals surface area contributed by atoms with E-state index in [4.69, 9.17) is 11.2 Å². The molecule has 2 heterocycles. The van der Waals surface area contributed by atoms with Gasteiger partial charge in [0.15, 0.2) is 0 Å². The molecule has 19 heavy (non-hydrogen) atoms. The molecule has 2 unspecified atom stereocenters. The van der Waals surface area contributed by atoms with Gasteiger partial charge in [-0.3, -0.25) is 4.79 Å². The van der Waals surface area contributed by atoms with Gasteiger partial charge in [0.05, 0.1) is 18.0 Å². The Balaban J connectivity index is 2.07. The number of anilines is 1. The monoisotopic (exact) mass is 325 g/mol. The van der Waals surface area contributed by atoms with Gasteiger partial charge >= 0.3 is 0 Å². The van der Waals surface area contributed by atoms with Crippen molar-refractivity contribution in [3.63, 3.8) is 0 Å². The molecule has 0 aromatic carbocycles. The van der Waals surface area contributed by atoms with Gasteiger partial charge in [-0.25, -0.2) is 4.68 Å². The van der Waals surface area contributed by atoms with E-state index >= 15 is 0 Å². The summed E-state index contributed by atoms with van der Waals surface area (Å²) in [6.07, 6.45) is 8.08. The van der Waals surface area contributed by atoms with Crippen molar-refractivity contribution in [1.82, 2.24) is 9.78 Å². The molecular formula is C13H16BrN3O2. The molecule has 5 nitrogen and oxygen atoms in total. The summed E-state index contributed by atoms with van der Waals surface area (Å²) < 4.78 is 7.21. The number of hydrogen-bond donors (Lipinski definition) is 1. The van der Waals surface area contributed by atoms with E-state index in [0.717, 1.165) is 19.6 Å². The first-order chi connectivity index (χ1) is 9.13. The zero-order valence-corrected chi connectivity index (χ0v) is 12.3. The molecule has 6 heteroatoms. The zero-order chi connectivity index (χ0) is 13.8. The molecule has 0 amide bonds. The Morgan fingerprint density at radius 1 is 1.74 bits per heavy atom. The summed E-state index contributed by atoms with van der Waals surface area (Å²) in [5, 5.41) is 7.27. The van der Waals surface area contributed by atoms with Crippen LogP contribution >= 0.6 is 15.9 Å². The lowest BCUT2D eigenvalue weighted by atomic mass is 10.0. The van der Waals surface area contributed by atoms with Crippen LogP contribution in [0.15, 0.2) is 15.5 Å². The van der Waals surface area contributed by atoms with Crippen molar-refractivity contribution in [3.05, 3.63) is 21.0 Å². The zero-order valence-electron chi connectivity index (χ0n) is 10.7. The molecule has 1 aliphatic rings. The first-order valence-corrected chi connectivity index (χ1v) is 6.97. The Morgan fingerprint density at radius 3 is 3.16 bits per heavy atom. The van der Waals surface area contributed by atoms with Crippen LogP contribution in [0, 0.1) is 18.3 Å².